The van der Waals surface area contributed by atoms with Crippen molar-refractivity contribution < 1.29 is 0 Å². The molecule has 144 valence electrons. The number of hydrogen-bond donors (Lipinski definition) is 0. The van der Waals surface area contributed by atoms with Crippen LogP contribution in [0.1, 0.15) is 25.5 Å². The number of anilines is 1. The van der Waals surface area contributed by atoms with Crippen LogP contribution in [0.25, 0.3) is 11.2 Å². The molecule has 28 heavy (non-hydrogen) atoms. The summed E-state index contributed by atoms with van der Waals surface area (Å²) in [6.45, 7) is 8.32. The quantitative estimate of drug-likeness (QED) is 0.650. The highest BCUT2D eigenvalue weighted by Gasteiger charge is 2.30. The van der Waals surface area contributed by atoms with E-state index in [2.05, 4.69) is 16.7 Å². The first-order chi connectivity index (χ1) is 13.4. The molecule has 0 unspecified atom stereocenters. The van der Waals surface area contributed by atoms with Crippen molar-refractivity contribution in [3.05, 3.63) is 69.4 Å². The Morgan fingerprint density at radius 2 is 1.93 bits per heavy atom. The normalized spacial score (nSPS) is 16.2. The maximum atomic E-state index is 13.4. The van der Waals surface area contributed by atoms with Crippen molar-refractivity contribution in [3.63, 3.8) is 0 Å². The van der Waals surface area contributed by atoms with E-state index in [0.29, 0.717) is 23.7 Å². The second kappa shape index (κ2) is 6.63. The summed E-state index contributed by atoms with van der Waals surface area (Å²) in [5, 5.41) is 6.26. The lowest BCUT2D eigenvalue weighted by Gasteiger charge is -2.28. The third kappa shape index (κ3) is 2.60. The largest absolute Gasteiger partial charge is 0.332 e. The molecule has 3 heterocycles. The highest BCUT2D eigenvalue weighted by Crippen LogP contribution is 2.29. The fraction of sp³-hybridized carbons (Fsp3) is 0.300. The lowest BCUT2D eigenvalue weighted by atomic mass is 10.2. The Morgan fingerprint density at radius 3 is 2.61 bits per heavy atom. The molecule has 0 spiro atoms. The zero-order valence-electron chi connectivity index (χ0n) is 16.2. The van der Waals surface area contributed by atoms with E-state index in [1.165, 1.54) is 9.13 Å². The molecule has 1 aromatic carbocycles. The predicted molar refractivity (Wildman–Crippen MR) is 110 cm³/mol. The monoisotopic (exact) mass is 378 g/mol. The van der Waals surface area contributed by atoms with Gasteiger partial charge in [-0.1, -0.05) is 36.4 Å². The maximum absolute atomic E-state index is 13.4. The minimum atomic E-state index is -0.391. The van der Waals surface area contributed by atoms with Crippen molar-refractivity contribution in [2.75, 3.05) is 11.6 Å². The van der Waals surface area contributed by atoms with Crippen LogP contribution in [0.2, 0.25) is 0 Å². The molecule has 0 bridgehead atoms. The van der Waals surface area contributed by atoms with Gasteiger partial charge < -0.3 is 0 Å². The summed E-state index contributed by atoms with van der Waals surface area (Å²) in [4.78, 5) is 30.8. The van der Waals surface area contributed by atoms with Crippen molar-refractivity contribution in [1.82, 2.24) is 18.7 Å². The molecule has 0 aliphatic carbocycles. The van der Waals surface area contributed by atoms with Gasteiger partial charge in [-0.3, -0.25) is 18.5 Å². The van der Waals surface area contributed by atoms with Crippen LogP contribution in [0.4, 0.5) is 5.95 Å². The average Bonchev–Trinajstić information content (AvgIpc) is 3.10. The molecule has 8 heteroatoms. The second-order valence-corrected chi connectivity index (χ2v) is 6.96. The minimum Gasteiger partial charge on any atom is -0.294 e. The summed E-state index contributed by atoms with van der Waals surface area (Å²) >= 11 is 0. The first-order valence-corrected chi connectivity index (χ1v) is 9.13. The summed E-state index contributed by atoms with van der Waals surface area (Å²) in [5.41, 5.74) is 1.78. The van der Waals surface area contributed by atoms with Gasteiger partial charge in [-0.25, -0.2) is 9.80 Å². The average molecular weight is 378 g/mol. The van der Waals surface area contributed by atoms with E-state index in [4.69, 9.17) is 0 Å². The number of benzene rings is 1. The third-order valence-electron chi connectivity index (χ3n) is 5.14. The summed E-state index contributed by atoms with van der Waals surface area (Å²) in [7, 11) is 1.64. The van der Waals surface area contributed by atoms with E-state index in [1.807, 2.05) is 48.7 Å². The van der Waals surface area contributed by atoms with Gasteiger partial charge in [-0.2, -0.15) is 10.1 Å². The molecular weight excluding hydrogens is 356 g/mol. The number of aromatic nitrogens is 4. The summed E-state index contributed by atoms with van der Waals surface area (Å²) in [6, 6.07) is 9.33. The molecule has 1 aliphatic heterocycles. The number of fused-ring (bicyclic) bond motifs is 3. The Balaban J connectivity index is 2.01. The highest BCUT2D eigenvalue weighted by molar-refractivity contribution is 5.91. The fourth-order valence-corrected chi connectivity index (χ4v) is 3.53. The van der Waals surface area contributed by atoms with Crippen molar-refractivity contribution in [3.8, 4) is 0 Å². The minimum absolute atomic E-state index is 0.142. The molecule has 0 saturated heterocycles. The van der Waals surface area contributed by atoms with E-state index in [9.17, 15) is 9.59 Å². The summed E-state index contributed by atoms with van der Waals surface area (Å²) < 4.78 is 4.56. The SMILES string of the molecule is C=CCN1N=C(C)[C@H](C)n2c1nc1c2c(=O)n(Cc2ccccc2)c(=O)n1C. The molecule has 0 N–H and O–H groups in total. The second-order valence-electron chi connectivity index (χ2n) is 6.96. The van der Waals surface area contributed by atoms with Crippen LogP contribution in [0.5, 0.6) is 0 Å². The number of rotatable bonds is 4. The Bertz CT molecular complexity index is 1220. The zero-order valence-corrected chi connectivity index (χ0v) is 16.2. The number of nitrogens with zero attached hydrogens (tertiary/aromatic N) is 6. The van der Waals surface area contributed by atoms with Crippen LogP contribution in [0.3, 0.4) is 0 Å². The van der Waals surface area contributed by atoms with E-state index >= 15 is 0 Å². The molecule has 0 radical (unpaired) electrons. The zero-order chi connectivity index (χ0) is 20.0. The number of aryl methyl sites for hydroxylation is 1. The lowest BCUT2D eigenvalue weighted by Crippen LogP contribution is -2.40. The van der Waals surface area contributed by atoms with Crippen molar-refractivity contribution in [2.24, 2.45) is 12.1 Å². The van der Waals surface area contributed by atoms with Gasteiger partial charge in [0.05, 0.1) is 24.8 Å². The van der Waals surface area contributed by atoms with Crippen LogP contribution < -0.4 is 16.3 Å². The molecule has 3 aromatic rings. The molecule has 1 atom stereocenters. The Labute approximate surface area is 161 Å². The van der Waals surface area contributed by atoms with Crippen LogP contribution in [0, 0.1) is 0 Å². The van der Waals surface area contributed by atoms with Crippen molar-refractivity contribution in [2.45, 2.75) is 26.4 Å². The van der Waals surface area contributed by atoms with Crippen LogP contribution in [-0.4, -0.2) is 30.9 Å². The molecule has 0 fully saturated rings. The number of hydrazone groups is 1. The van der Waals surface area contributed by atoms with E-state index in [-0.39, 0.29) is 18.1 Å². The molecule has 1 aliphatic rings. The van der Waals surface area contributed by atoms with Crippen LogP contribution in [0.15, 0.2) is 57.7 Å². The van der Waals surface area contributed by atoms with E-state index in [1.54, 1.807) is 18.1 Å². The van der Waals surface area contributed by atoms with E-state index in [0.717, 1.165) is 11.3 Å². The van der Waals surface area contributed by atoms with Gasteiger partial charge in [0.25, 0.3) is 5.56 Å². The fourth-order valence-electron chi connectivity index (χ4n) is 3.53. The molecule has 0 amide bonds. The maximum Gasteiger partial charge on any atom is 0.332 e. The van der Waals surface area contributed by atoms with Gasteiger partial charge >= 0.3 is 5.69 Å². The number of imidazole rings is 1. The highest BCUT2D eigenvalue weighted by atomic mass is 16.2. The first kappa shape index (κ1) is 18.0. The Hall–Kier alpha value is -3.42. The van der Waals surface area contributed by atoms with Gasteiger partial charge in [0, 0.05) is 7.05 Å². The molecule has 8 nitrogen and oxygen atoms in total. The van der Waals surface area contributed by atoms with Crippen molar-refractivity contribution >= 4 is 22.8 Å². The van der Waals surface area contributed by atoms with Gasteiger partial charge in [-0.15, -0.1) is 6.58 Å². The Kier molecular flexibility index (Phi) is 4.26. The van der Waals surface area contributed by atoms with Crippen LogP contribution >= 0.6 is 0 Å². The van der Waals surface area contributed by atoms with Crippen molar-refractivity contribution in [1.29, 1.82) is 0 Å². The first-order valence-electron chi connectivity index (χ1n) is 9.13. The van der Waals surface area contributed by atoms with Gasteiger partial charge in [0.2, 0.25) is 5.95 Å². The molecule has 0 saturated carbocycles. The Morgan fingerprint density at radius 1 is 1.21 bits per heavy atom. The molecular formula is C20H22N6O2. The third-order valence-corrected chi connectivity index (χ3v) is 5.14. The molecule has 2 aromatic heterocycles. The summed E-state index contributed by atoms with van der Waals surface area (Å²) in [6.07, 6.45) is 1.73. The van der Waals surface area contributed by atoms with Crippen LogP contribution in [-0.2, 0) is 13.6 Å². The van der Waals surface area contributed by atoms with Gasteiger partial charge in [-0.05, 0) is 19.4 Å². The number of hydrogen-bond acceptors (Lipinski definition) is 5. The van der Waals surface area contributed by atoms with Gasteiger partial charge in [0.1, 0.15) is 0 Å². The standard InChI is InChI=1S/C20H22N6O2/c1-5-11-25-19-21-17-16(26(19)14(3)13(2)22-25)18(27)24(20(28)23(17)4)12-15-9-7-6-8-10-15/h5-10,14H,1,11-12H2,2-4H3/t14-/m0/s1. The smallest absolute Gasteiger partial charge is 0.294 e. The van der Waals surface area contributed by atoms with Gasteiger partial charge in [0.15, 0.2) is 11.2 Å². The molecule has 4 rings (SSSR count). The summed E-state index contributed by atoms with van der Waals surface area (Å²) in [5.74, 6) is 0.539. The predicted octanol–water partition coefficient (Wildman–Crippen LogP) is 1.89. The van der Waals surface area contributed by atoms with E-state index < -0.39 is 5.69 Å². The topological polar surface area (TPSA) is 77.4 Å². The lowest BCUT2D eigenvalue weighted by molar-refractivity contribution is 0.634.